The third-order valence-electron chi connectivity index (χ3n) is 2.96. The van der Waals surface area contributed by atoms with E-state index in [0.29, 0.717) is 6.42 Å². The van der Waals surface area contributed by atoms with Crippen molar-refractivity contribution in [3.63, 3.8) is 0 Å². The Balaban J connectivity index is 1.92. The lowest BCUT2D eigenvalue weighted by atomic mass is 10.0. The van der Waals surface area contributed by atoms with Crippen LogP contribution in [-0.4, -0.2) is 17.8 Å². The summed E-state index contributed by atoms with van der Waals surface area (Å²) in [6.45, 7) is 4.43. The standard InChI is InChI=1S/C14H18O2/c1-2-3-13(15)6-4-11-5-7-14-12(10-11)8-9-16-14/h2,5,7,10,13,15H,1,3-4,6,8-9H2. The van der Waals surface area contributed by atoms with Crippen molar-refractivity contribution < 1.29 is 9.84 Å². The molecule has 1 N–H and O–H groups in total. The monoisotopic (exact) mass is 218 g/mol. The van der Waals surface area contributed by atoms with Crippen LogP contribution in [0.3, 0.4) is 0 Å². The quantitative estimate of drug-likeness (QED) is 0.769. The van der Waals surface area contributed by atoms with Gasteiger partial charge in [0.15, 0.2) is 0 Å². The highest BCUT2D eigenvalue weighted by Gasteiger charge is 2.12. The summed E-state index contributed by atoms with van der Waals surface area (Å²) >= 11 is 0. The van der Waals surface area contributed by atoms with Crippen LogP contribution in [0.25, 0.3) is 0 Å². The molecule has 2 heteroatoms. The maximum Gasteiger partial charge on any atom is 0.122 e. The van der Waals surface area contributed by atoms with Crippen LogP contribution in [0.1, 0.15) is 24.0 Å². The Morgan fingerprint density at radius 1 is 1.50 bits per heavy atom. The molecule has 0 saturated heterocycles. The fourth-order valence-electron chi connectivity index (χ4n) is 2.04. The van der Waals surface area contributed by atoms with E-state index >= 15 is 0 Å². The number of rotatable bonds is 5. The van der Waals surface area contributed by atoms with Gasteiger partial charge in [0.2, 0.25) is 0 Å². The molecular formula is C14H18O2. The van der Waals surface area contributed by atoms with E-state index in [-0.39, 0.29) is 6.10 Å². The average Bonchev–Trinajstić information content (AvgIpc) is 2.74. The van der Waals surface area contributed by atoms with E-state index in [9.17, 15) is 5.11 Å². The second-order valence-corrected chi connectivity index (χ2v) is 4.26. The largest absolute Gasteiger partial charge is 0.493 e. The summed E-state index contributed by atoms with van der Waals surface area (Å²) < 4.78 is 5.45. The second kappa shape index (κ2) is 5.17. The topological polar surface area (TPSA) is 29.5 Å². The first-order chi connectivity index (χ1) is 7.79. The fourth-order valence-corrected chi connectivity index (χ4v) is 2.04. The summed E-state index contributed by atoms with van der Waals surface area (Å²) in [6, 6.07) is 6.32. The summed E-state index contributed by atoms with van der Waals surface area (Å²) in [7, 11) is 0. The Labute approximate surface area is 96.6 Å². The summed E-state index contributed by atoms with van der Waals surface area (Å²) in [6.07, 6.45) is 4.91. The molecule has 0 radical (unpaired) electrons. The van der Waals surface area contributed by atoms with Crippen molar-refractivity contribution in [2.75, 3.05) is 6.61 Å². The molecule has 1 aromatic carbocycles. The van der Waals surface area contributed by atoms with E-state index in [2.05, 4.69) is 18.7 Å². The smallest absolute Gasteiger partial charge is 0.122 e. The van der Waals surface area contributed by atoms with Crippen molar-refractivity contribution in [2.45, 2.75) is 31.8 Å². The average molecular weight is 218 g/mol. The van der Waals surface area contributed by atoms with E-state index in [4.69, 9.17) is 4.74 Å². The second-order valence-electron chi connectivity index (χ2n) is 4.26. The highest BCUT2D eigenvalue weighted by molar-refractivity contribution is 5.39. The van der Waals surface area contributed by atoms with Crippen molar-refractivity contribution in [3.8, 4) is 5.75 Å². The number of aryl methyl sites for hydroxylation is 1. The molecule has 0 bridgehead atoms. The molecule has 0 saturated carbocycles. The van der Waals surface area contributed by atoms with Gasteiger partial charge in [0.05, 0.1) is 12.7 Å². The molecule has 2 nitrogen and oxygen atoms in total. The van der Waals surface area contributed by atoms with Crippen LogP contribution in [0.2, 0.25) is 0 Å². The molecular weight excluding hydrogens is 200 g/mol. The van der Waals surface area contributed by atoms with Gasteiger partial charge < -0.3 is 9.84 Å². The highest BCUT2D eigenvalue weighted by atomic mass is 16.5. The zero-order valence-electron chi connectivity index (χ0n) is 9.48. The van der Waals surface area contributed by atoms with Crippen LogP contribution in [0.15, 0.2) is 30.9 Å². The van der Waals surface area contributed by atoms with Crippen LogP contribution in [0, 0.1) is 0 Å². The molecule has 2 rings (SSSR count). The first-order valence-corrected chi connectivity index (χ1v) is 5.83. The summed E-state index contributed by atoms with van der Waals surface area (Å²) in [5, 5.41) is 9.61. The fraction of sp³-hybridized carbons (Fsp3) is 0.429. The Morgan fingerprint density at radius 2 is 2.38 bits per heavy atom. The number of hydrogen-bond acceptors (Lipinski definition) is 2. The maximum absolute atomic E-state index is 9.61. The first kappa shape index (κ1) is 11.2. The Kier molecular flexibility index (Phi) is 3.62. The molecule has 1 aliphatic rings. The van der Waals surface area contributed by atoms with E-state index in [1.165, 1.54) is 11.1 Å². The molecule has 86 valence electrons. The molecule has 0 fully saturated rings. The van der Waals surface area contributed by atoms with Gasteiger partial charge in [-0.3, -0.25) is 0 Å². The molecule has 0 aliphatic carbocycles. The van der Waals surface area contributed by atoms with Gasteiger partial charge >= 0.3 is 0 Å². The highest BCUT2D eigenvalue weighted by Crippen LogP contribution is 2.26. The van der Waals surface area contributed by atoms with Crippen LogP contribution >= 0.6 is 0 Å². The summed E-state index contributed by atoms with van der Waals surface area (Å²) in [5.41, 5.74) is 2.59. The van der Waals surface area contributed by atoms with Crippen LogP contribution in [0.5, 0.6) is 5.75 Å². The molecule has 1 atom stereocenters. The molecule has 1 aromatic rings. The number of fused-ring (bicyclic) bond motifs is 1. The third-order valence-corrected chi connectivity index (χ3v) is 2.96. The Morgan fingerprint density at radius 3 is 3.19 bits per heavy atom. The van der Waals surface area contributed by atoms with Gasteiger partial charge in [-0.15, -0.1) is 6.58 Å². The lowest BCUT2D eigenvalue weighted by molar-refractivity contribution is 0.168. The van der Waals surface area contributed by atoms with Gasteiger partial charge in [-0.1, -0.05) is 18.2 Å². The maximum atomic E-state index is 9.61. The van der Waals surface area contributed by atoms with Gasteiger partial charge in [0.1, 0.15) is 5.75 Å². The van der Waals surface area contributed by atoms with Crippen molar-refractivity contribution in [3.05, 3.63) is 42.0 Å². The molecule has 1 unspecified atom stereocenters. The normalized spacial score (nSPS) is 15.3. The van der Waals surface area contributed by atoms with Crippen LogP contribution in [-0.2, 0) is 12.8 Å². The predicted octanol–water partition coefficient (Wildman–Crippen LogP) is 2.49. The Bertz CT molecular complexity index is 371. The van der Waals surface area contributed by atoms with Gasteiger partial charge in [-0.05, 0) is 36.5 Å². The van der Waals surface area contributed by atoms with Crippen molar-refractivity contribution in [2.24, 2.45) is 0 Å². The minimum absolute atomic E-state index is 0.262. The number of benzene rings is 1. The number of hydrogen-bond donors (Lipinski definition) is 1. The molecule has 1 heterocycles. The van der Waals surface area contributed by atoms with Gasteiger partial charge in [-0.2, -0.15) is 0 Å². The molecule has 0 spiro atoms. The van der Waals surface area contributed by atoms with E-state index in [1.807, 2.05) is 6.07 Å². The molecule has 1 aliphatic heterocycles. The van der Waals surface area contributed by atoms with Crippen LogP contribution in [0.4, 0.5) is 0 Å². The molecule has 0 amide bonds. The minimum atomic E-state index is -0.262. The van der Waals surface area contributed by atoms with E-state index < -0.39 is 0 Å². The predicted molar refractivity (Wildman–Crippen MR) is 64.8 cm³/mol. The number of ether oxygens (including phenoxy) is 1. The van der Waals surface area contributed by atoms with Gasteiger partial charge in [-0.25, -0.2) is 0 Å². The zero-order chi connectivity index (χ0) is 11.4. The number of aliphatic hydroxyl groups excluding tert-OH is 1. The van der Waals surface area contributed by atoms with Gasteiger partial charge in [0.25, 0.3) is 0 Å². The molecule has 0 aromatic heterocycles. The SMILES string of the molecule is C=CCC(O)CCc1ccc2c(c1)CCO2. The lowest BCUT2D eigenvalue weighted by Crippen LogP contribution is -2.06. The Hall–Kier alpha value is -1.28. The summed E-state index contributed by atoms with van der Waals surface area (Å²) in [4.78, 5) is 0. The lowest BCUT2D eigenvalue weighted by Gasteiger charge is -2.08. The van der Waals surface area contributed by atoms with Gasteiger partial charge in [0, 0.05) is 6.42 Å². The number of aliphatic hydroxyl groups is 1. The van der Waals surface area contributed by atoms with E-state index in [0.717, 1.165) is 31.6 Å². The molecule has 16 heavy (non-hydrogen) atoms. The van der Waals surface area contributed by atoms with Crippen LogP contribution < -0.4 is 4.74 Å². The van der Waals surface area contributed by atoms with Crippen molar-refractivity contribution >= 4 is 0 Å². The third kappa shape index (κ3) is 2.64. The van der Waals surface area contributed by atoms with Crippen molar-refractivity contribution in [1.29, 1.82) is 0 Å². The minimum Gasteiger partial charge on any atom is -0.493 e. The summed E-state index contributed by atoms with van der Waals surface area (Å²) in [5.74, 6) is 1.02. The van der Waals surface area contributed by atoms with E-state index in [1.54, 1.807) is 6.08 Å². The first-order valence-electron chi connectivity index (χ1n) is 5.83. The zero-order valence-corrected chi connectivity index (χ0v) is 9.48. The van der Waals surface area contributed by atoms with Crippen molar-refractivity contribution in [1.82, 2.24) is 0 Å².